The molecule has 0 aromatic carbocycles. The zero-order chi connectivity index (χ0) is 13.5. The van der Waals surface area contributed by atoms with Gasteiger partial charge in [-0.15, -0.1) is 0 Å². The van der Waals surface area contributed by atoms with Gasteiger partial charge in [0, 0.05) is 12.7 Å². The van der Waals surface area contributed by atoms with Gasteiger partial charge in [0.2, 0.25) is 0 Å². The number of hydrogen-bond acceptors (Lipinski definition) is 4. The van der Waals surface area contributed by atoms with Crippen molar-refractivity contribution in [3.05, 3.63) is 22.8 Å². The van der Waals surface area contributed by atoms with Crippen LogP contribution in [-0.4, -0.2) is 43.0 Å². The normalized spacial score (nSPS) is 10.7. The van der Waals surface area contributed by atoms with Gasteiger partial charge < -0.3 is 16.0 Å². The molecule has 3 N–H and O–H groups in total. The fraction of sp³-hybridized carbons (Fsp3) is 0.500. The van der Waals surface area contributed by atoms with E-state index in [1.165, 1.54) is 12.3 Å². The minimum atomic E-state index is -0.209. The molecule has 0 aliphatic carbocycles. The van der Waals surface area contributed by atoms with Crippen molar-refractivity contribution in [2.75, 3.05) is 32.9 Å². The van der Waals surface area contributed by atoms with Gasteiger partial charge in [0.05, 0.1) is 10.6 Å². The van der Waals surface area contributed by atoms with Crippen LogP contribution < -0.4 is 11.1 Å². The van der Waals surface area contributed by atoms with Crippen LogP contribution in [0.25, 0.3) is 0 Å². The van der Waals surface area contributed by atoms with Crippen molar-refractivity contribution in [3.8, 4) is 0 Å². The summed E-state index contributed by atoms with van der Waals surface area (Å²) in [4.78, 5) is 17.7. The molecule has 1 rings (SSSR count). The highest BCUT2D eigenvalue weighted by atomic mass is 35.5. The first-order valence-electron chi connectivity index (χ1n) is 5.84. The molecule has 0 bridgehead atoms. The Kier molecular flexibility index (Phi) is 5.88. The van der Waals surface area contributed by atoms with Gasteiger partial charge in [-0.2, -0.15) is 0 Å². The highest BCUT2D eigenvalue weighted by Gasteiger charge is 2.10. The Morgan fingerprint density at radius 3 is 2.89 bits per heavy atom. The molecule has 0 unspecified atom stereocenters. The Morgan fingerprint density at radius 1 is 1.50 bits per heavy atom. The molecular weight excluding hydrogens is 252 g/mol. The Morgan fingerprint density at radius 2 is 2.22 bits per heavy atom. The summed E-state index contributed by atoms with van der Waals surface area (Å²) in [6.07, 6.45) is 3.36. The molecule has 0 atom stereocenters. The molecule has 1 aromatic rings. The third kappa shape index (κ3) is 4.89. The number of rotatable bonds is 6. The van der Waals surface area contributed by atoms with Gasteiger partial charge in [0.1, 0.15) is 5.82 Å². The molecule has 0 saturated carbocycles. The zero-order valence-corrected chi connectivity index (χ0v) is 11.5. The standard InChI is InChI=1S/C12H19ClN4O/c1-17(2)6-4-3-5-15-12(18)9-7-11(14)16-8-10(9)13/h7-8H,3-6H2,1-2H3,(H2,14,16)(H,15,18). The van der Waals surface area contributed by atoms with Gasteiger partial charge in [-0.05, 0) is 39.5 Å². The zero-order valence-electron chi connectivity index (χ0n) is 10.7. The van der Waals surface area contributed by atoms with E-state index in [9.17, 15) is 4.79 Å². The molecule has 1 amide bonds. The number of anilines is 1. The lowest BCUT2D eigenvalue weighted by atomic mass is 10.2. The van der Waals surface area contributed by atoms with Gasteiger partial charge >= 0.3 is 0 Å². The molecule has 1 heterocycles. The van der Waals surface area contributed by atoms with Crippen LogP contribution in [0.4, 0.5) is 5.82 Å². The number of hydrogen-bond donors (Lipinski definition) is 2. The number of nitrogens with two attached hydrogens (primary N) is 1. The molecule has 0 aliphatic rings. The SMILES string of the molecule is CN(C)CCCCNC(=O)c1cc(N)ncc1Cl. The number of carbonyl (C=O) groups is 1. The summed E-state index contributed by atoms with van der Waals surface area (Å²) in [6, 6.07) is 1.48. The summed E-state index contributed by atoms with van der Waals surface area (Å²) < 4.78 is 0. The summed E-state index contributed by atoms with van der Waals surface area (Å²) in [7, 11) is 4.05. The Hall–Kier alpha value is -1.33. The lowest BCUT2D eigenvalue weighted by Crippen LogP contribution is -2.25. The first kappa shape index (κ1) is 14.7. The number of aromatic nitrogens is 1. The van der Waals surface area contributed by atoms with Crippen molar-refractivity contribution in [3.63, 3.8) is 0 Å². The van der Waals surface area contributed by atoms with Crippen LogP contribution in [0.2, 0.25) is 5.02 Å². The number of unbranched alkanes of at least 4 members (excludes halogenated alkanes) is 1. The van der Waals surface area contributed by atoms with Crippen LogP contribution >= 0.6 is 11.6 Å². The molecule has 0 saturated heterocycles. The van der Waals surface area contributed by atoms with E-state index in [2.05, 4.69) is 15.2 Å². The van der Waals surface area contributed by atoms with Crippen LogP contribution in [0, 0.1) is 0 Å². The van der Waals surface area contributed by atoms with Gasteiger partial charge in [-0.25, -0.2) is 4.98 Å². The van der Waals surface area contributed by atoms with E-state index in [1.54, 1.807) is 0 Å². The van der Waals surface area contributed by atoms with Crippen LogP contribution in [0.1, 0.15) is 23.2 Å². The monoisotopic (exact) mass is 270 g/mol. The third-order valence-corrected chi connectivity index (χ3v) is 2.74. The second-order valence-corrected chi connectivity index (χ2v) is 4.76. The summed E-state index contributed by atoms with van der Waals surface area (Å²) in [5.74, 6) is 0.0797. The number of amides is 1. The lowest BCUT2D eigenvalue weighted by Gasteiger charge is -2.10. The van der Waals surface area contributed by atoms with Crippen molar-refractivity contribution >= 4 is 23.3 Å². The van der Waals surface area contributed by atoms with Crippen LogP contribution in [-0.2, 0) is 0 Å². The summed E-state index contributed by atoms with van der Waals surface area (Å²) in [6.45, 7) is 1.64. The van der Waals surface area contributed by atoms with Crippen molar-refractivity contribution in [1.29, 1.82) is 0 Å². The average Bonchev–Trinajstić information content (AvgIpc) is 2.31. The van der Waals surface area contributed by atoms with E-state index in [4.69, 9.17) is 17.3 Å². The average molecular weight is 271 g/mol. The minimum absolute atomic E-state index is 0.209. The van der Waals surface area contributed by atoms with Crippen molar-refractivity contribution in [1.82, 2.24) is 15.2 Å². The van der Waals surface area contributed by atoms with Gasteiger partial charge in [0.25, 0.3) is 5.91 Å². The Balaban J connectivity index is 2.39. The summed E-state index contributed by atoms with van der Waals surface area (Å²) in [5, 5.41) is 3.13. The summed E-state index contributed by atoms with van der Waals surface area (Å²) >= 11 is 5.89. The fourth-order valence-electron chi connectivity index (χ4n) is 1.48. The molecule has 0 aliphatic heterocycles. The van der Waals surface area contributed by atoms with E-state index in [-0.39, 0.29) is 11.7 Å². The van der Waals surface area contributed by atoms with Crippen molar-refractivity contribution in [2.24, 2.45) is 0 Å². The number of halogens is 1. The number of nitrogen functional groups attached to an aromatic ring is 1. The molecule has 6 heteroatoms. The highest BCUT2D eigenvalue weighted by Crippen LogP contribution is 2.16. The number of carbonyl (C=O) groups excluding carboxylic acids is 1. The fourth-order valence-corrected chi connectivity index (χ4v) is 1.67. The number of pyridine rings is 1. The molecule has 5 nitrogen and oxygen atoms in total. The first-order valence-corrected chi connectivity index (χ1v) is 6.22. The maximum Gasteiger partial charge on any atom is 0.252 e. The van der Waals surface area contributed by atoms with E-state index >= 15 is 0 Å². The predicted molar refractivity (Wildman–Crippen MR) is 73.8 cm³/mol. The van der Waals surface area contributed by atoms with Crippen LogP contribution in [0.15, 0.2) is 12.3 Å². The van der Waals surface area contributed by atoms with E-state index in [0.29, 0.717) is 17.1 Å². The van der Waals surface area contributed by atoms with Gasteiger partial charge in [-0.3, -0.25) is 4.79 Å². The molecule has 0 spiro atoms. The topological polar surface area (TPSA) is 71.2 Å². The minimum Gasteiger partial charge on any atom is -0.384 e. The Bertz CT molecular complexity index is 409. The quantitative estimate of drug-likeness (QED) is 0.767. The predicted octanol–water partition coefficient (Wildman–Crippen LogP) is 1.39. The Labute approximate surface area is 112 Å². The molecule has 1 aromatic heterocycles. The van der Waals surface area contributed by atoms with Crippen LogP contribution in [0.5, 0.6) is 0 Å². The van der Waals surface area contributed by atoms with E-state index in [0.717, 1.165) is 19.4 Å². The number of nitrogens with zero attached hydrogens (tertiary/aromatic N) is 2. The van der Waals surface area contributed by atoms with Crippen molar-refractivity contribution in [2.45, 2.75) is 12.8 Å². The van der Waals surface area contributed by atoms with Gasteiger partial charge in [0.15, 0.2) is 0 Å². The largest absolute Gasteiger partial charge is 0.384 e. The van der Waals surface area contributed by atoms with E-state index < -0.39 is 0 Å². The van der Waals surface area contributed by atoms with Gasteiger partial charge in [-0.1, -0.05) is 11.6 Å². The van der Waals surface area contributed by atoms with Crippen molar-refractivity contribution < 1.29 is 4.79 Å². The maximum atomic E-state index is 11.8. The summed E-state index contributed by atoms with van der Waals surface area (Å²) in [5.41, 5.74) is 5.89. The molecule has 100 valence electrons. The first-order chi connectivity index (χ1) is 8.50. The van der Waals surface area contributed by atoms with E-state index in [1.807, 2.05) is 14.1 Å². The second kappa shape index (κ2) is 7.18. The lowest BCUT2D eigenvalue weighted by molar-refractivity contribution is 0.0953. The molecule has 0 radical (unpaired) electrons. The third-order valence-electron chi connectivity index (χ3n) is 2.44. The molecule has 0 fully saturated rings. The molecular formula is C12H19ClN4O. The van der Waals surface area contributed by atoms with Crippen LogP contribution in [0.3, 0.4) is 0 Å². The maximum absolute atomic E-state index is 11.8. The second-order valence-electron chi connectivity index (χ2n) is 4.36. The molecule has 18 heavy (non-hydrogen) atoms. The smallest absolute Gasteiger partial charge is 0.252 e. The highest BCUT2D eigenvalue weighted by molar-refractivity contribution is 6.33. The number of nitrogens with one attached hydrogen (secondary N) is 1.